The molecule has 5 heteroatoms. The van der Waals surface area contributed by atoms with E-state index in [-0.39, 0.29) is 5.69 Å². The Labute approximate surface area is 79.8 Å². The Morgan fingerprint density at radius 3 is 2.71 bits per heavy atom. The van der Waals surface area contributed by atoms with Gasteiger partial charge in [0, 0.05) is 14.1 Å². The molecular formula is C9H8N4O. The summed E-state index contributed by atoms with van der Waals surface area (Å²) in [5, 5.41) is 8.66. The highest BCUT2D eigenvalue weighted by molar-refractivity contribution is 5.72. The summed E-state index contributed by atoms with van der Waals surface area (Å²) in [6, 6.07) is 5.26. The van der Waals surface area contributed by atoms with Gasteiger partial charge in [0.2, 0.25) is 0 Å². The van der Waals surface area contributed by atoms with E-state index in [2.05, 4.69) is 4.98 Å². The van der Waals surface area contributed by atoms with Gasteiger partial charge in [-0.1, -0.05) is 0 Å². The molecule has 2 aromatic heterocycles. The minimum absolute atomic E-state index is 0.136. The van der Waals surface area contributed by atoms with Crippen molar-refractivity contribution in [2.75, 3.05) is 0 Å². The van der Waals surface area contributed by atoms with Gasteiger partial charge in [-0.15, -0.1) is 0 Å². The van der Waals surface area contributed by atoms with Crippen molar-refractivity contribution in [3.8, 4) is 6.07 Å². The summed E-state index contributed by atoms with van der Waals surface area (Å²) in [4.78, 5) is 15.5. The maximum Gasteiger partial charge on any atom is 0.329 e. The van der Waals surface area contributed by atoms with Gasteiger partial charge in [0.25, 0.3) is 0 Å². The molecular weight excluding hydrogens is 180 g/mol. The van der Waals surface area contributed by atoms with Gasteiger partial charge in [-0.3, -0.25) is 9.13 Å². The van der Waals surface area contributed by atoms with Crippen molar-refractivity contribution in [1.29, 1.82) is 5.26 Å². The number of nitrogens with zero attached hydrogens (tertiary/aromatic N) is 4. The van der Waals surface area contributed by atoms with E-state index in [1.165, 1.54) is 9.13 Å². The van der Waals surface area contributed by atoms with E-state index in [0.29, 0.717) is 11.3 Å². The Balaban J connectivity index is 2.98. The fourth-order valence-electron chi connectivity index (χ4n) is 1.43. The number of hydrogen-bond donors (Lipinski definition) is 0. The molecule has 2 rings (SSSR count). The second kappa shape index (κ2) is 2.70. The van der Waals surface area contributed by atoms with Gasteiger partial charge < -0.3 is 0 Å². The number of nitriles is 1. The summed E-state index contributed by atoms with van der Waals surface area (Å²) in [7, 11) is 3.32. The Morgan fingerprint density at radius 2 is 2.07 bits per heavy atom. The quantitative estimate of drug-likeness (QED) is 0.590. The van der Waals surface area contributed by atoms with Crippen LogP contribution in [0, 0.1) is 11.3 Å². The third-order valence-electron chi connectivity index (χ3n) is 2.22. The number of hydrogen-bond acceptors (Lipinski definition) is 3. The topological polar surface area (TPSA) is 63.6 Å². The van der Waals surface area contributed by atoms with Crippen LogP contribution in [0.5, 0.6) is 0 Å². The summed E-state index contributed by atoms with van der Waals surface area (Å²) in [6.07, 6.45) is 0. The highest BCUT2D eigenvalue weighted by Gasteiger charge is 2.08. The molecule has 0 spiro atoms. The summed E-state index contributed by atoms with van der Waals surface area (Å²) in [5.41, 5.74) is 1.45. The van der Waals surface area contributed by atoms with Gasteiger partial charge >= 0.3 is 5.69 Å². The fraction of sp³-hybridized carbons (Fsp3) is 0.222. The lowest BCUT2D eigenvalue weighted by Crippen LogP contribution is -2.19. The number of pyridine rings is 1. The summed E-state index contributed by atoms with van der Waals surface area (Å²) < 4.78 is 2.93. The van der Waals surface area contributed by atoms with Gasteiger partial charge in [0.05, 0.1) is 5.52 Å². The van der Waals surface area contributed by atoms with Crippen molar-refractivity contribution in [1.82, 2.24) is 14.1 Å². The van der Waals surface area contributed by atoms with E-state index < -0.39 is 0 Å². The Bertz CT molecular complexity index is 600. The van der Waals surface area contributed by atoms with Crippen molar-refractivity contribution < 1.29 is 0 Å². The van der Waals surface area contributed by atoms with Crippen LogP contribution in [0.25, 0.3) is 11.2 Å². The predicted octanol–water partition coefficient (Wildman–Crippen LogP) is 0.144. The lowest BCUT2D eigenvalue weighted by molar-refractivity contribution is 0.791. The molecule has 0 N–H and O–H groups in total. The Morgan fingerprint density at radius 1 is 1.36 bits per heavy atom. The lowest BCUT2D eigenvalue weighted by atomic mass is 10.3. The molecule has 2 heterocycles. The molecule has 0 unspecified atom stereocenters. The third kappa shape index (κ3) is 0.941. The molecule has 5 nitrogen and oxygen atoms in total. The van der Waals surface area contributed by atoms with Crippen LogP contribution in [0.3, 0.4) is 0 Å². The van der Waals surface area contributed by atoms with Crippen LogP contribution in [0.15, 0.2) is 16.9 Å². The van der Waals surface area contributed by atoms with E-state index in [4.69, 9.17) is 5.26 Å². The first-order valence-electron chi connectivity index (χ1n) is 4.07. The van der Waals surface area contributed by atoms with Crippen LogP contribution in [-0.2, 0) is 14.1 Å². The number of fused-ring (bicyclic) bond motifs is 1. The van der Waals surface area contributed by atoms with Crippen LogP contribution in [0.2, 0.25) is 0 Å². The minimum atomic E-state index is -0.136. The third-order valence-corrected chi connectivity index (χ3v) is 2.22. The van der Waals surface area contributed by atoms with Crippen molar-refractivity contribution in [2.45, 2.75) is 0 Å². The first-order valence-corrected chi connectivity index (χ1v) is 4.07. The number of rotatable bonds is 0. The van der Waals surface area contributed by atoms with Crippen LogP contribution < -0.4 is 5.69 Å². The summed E-state index contributed by atoms with van der Waals surface area (Å²) in [6.45, 7) is 0. The predicted molar refractivity (Wildman–Crippen MR) is 50.7 cm³/mol. The van der Waals surface area contributed by atoms with Crippen LogP contribution in [0.1, 0.15) is 5.69 Å². The molecule has 0 atom stereocenters. The average molecular weight is 188 g/mol. The maximum atomic E-state index is 11.5. The molecule has 0 saturated carbocycles. The SMILES string of the molecule is Cn1c(=O)n(C)c2nc(C#N)ccc21. The lowest BCUT2D eigenvalue weighted by Gasteiger charge is -1.93. The van der Waals surface area contributed by atoms with Crippen LogP contribution >= 0.6 is 0 Å². The molecule has 0 aromatic carbocycles. The van der Waals surface area contributed by atoms with Crippen molar-refractivity contribution in [3.05, 3.63) is 28.3 Å². The first-order chi connectivity index (χ1) is 6.65. The number of aryl methyl sites for hydroxylation is 2. The van der Waals surface area contributed by atoms with Gasteiger partial charge in [0.15, 0.2) is 5.65 Å². The smallest absolute Gasteiger partial charge is 0.293 e. The van der Waals surface area contributed by atoms with Crippen molar-refractivity contribution in [3.63, 3.8) is 0 Å². The van der Waals surface area contributed by atoms with Gasteiger partial charge in [-0.05, 0) is 12.1 Å². The zero-order valence-electron chi connectivity index (χ0n) is 7.85. The zero-order valence-corrected chi connectivity index (χ0v) is 7.85. The minimum Gasteiger partial charge on any atom is -0.293 e. The molecule has 0 aliphatic carbocycles. The Kier molecular flexibility index (Phi) is 1.64. The highest BCUT2D eigenvalue weighted by Crippen LogP contribution is 2.08. The molecule has 0 radical (unpaired) electrons. The molecule has 0 aliphatic heterocycles. The molecule has 0 amide bonds. The average Bonchev–Trinajstić information content (AvgIpc) is 2.44. The molecule has 0 saturated heterocycles. The Hall–Kier alpha value is -2.09. The van der Waals surface area contributed by atoms with E-state index >= 15 is 0 Å². The number of aromatic nitrogens is 3. The van der Waals surface area contributed by atoms with E-state index in [9.17, 15) is 4.79 Å². The van der Waals surface area contributed by atoms with Crippen molar-refractivity contribution >= 4 is 11.2 Å². The van der Waals surface area contributed by atoms with Gasteiger partial charge in [-0.25, -0.2) is 9.78 Å². The first kappa shape index (κ1) is 8.51. The summed E-state index contributed by atoms with van der Waals surface area (Å²) in [5.74, 6) is 0. The molecule has 14 heavy (non-hydrogen) atoms. The van der Waals surface area contributed by atoms with Crippen molar-refractivity contribution in [2.24, 2.45) is 14.1 Å². The number of imidazole rings is 1. The van der Waals surface area contributed by atoms with E-state index in [0.717, 1.165) is 5.52 Å². The van der Waals surface area contributed by atoms with E-state index in [1.807, 2.05) is 6.07 Å². The normalized spacial score (nSPS) is 10.4. The molecule has 0 aliphatic rings. The largest absolute Gasteiger partial charge is 0.329 e. The van der Waals surface area contributed by atoms with Gasteiger partial charge in [-0.2, -0.15) is 5.26 Å². The van der Waals surface area contributed by atoms with E-state index in [1.54, 1.807) is 26.2 Å². The fourth-order valence-corrected chi connectivity index (χ4v) is 1.43. The highest BCUT2D eigenvalue weighted by atomic mass is 16.1. The maximum absolute atomic E-state index is 11.5. The monoisotopic (exact) mass is 188 g/mol. The second-order valence-electron chi connectivity index (χ2n) is 3.05. The molecule has 0 bridgehead atoms. The van der Waals surface area contributed by atoms with Gasteiger partial charge in [0.1, 0.15) is 11.8 Å². The molecule has 2 aromatic rings. The zero-order chi connectivity index (χ0) is 10.3. The summed E-state index contributed by atoms with van der Waals surface area (Å²) >= 11 is 0. The second-order valence-corrected chi connectivity index (χ2v) is 3.05. The van der Waals surface area contributed by atoms with Crippen LogP contribution in [-0.4, -0.2) is 14.1 Å². The molecule has 0 fully saturated rings. The van der Waals surface area contributed by atoms with Crippen LogP contribution in [0.4, 0.5) is 0 Å². The molecule has 70 valence electrons. The standard InChI is InChI=1S/C9H8N4O/c1-12-7-4-3-6(5-10)11-8(7)13(2)9(12)14/h3-4H,1-2H3.